The van der Waals surface area contributed by atoms with Crippen LogP contribution in [0.1, 0.15) is 25.3 Å². The third-order valence-electron chi connectivity index (χ3n) is 2.27. The van der Waals surface area contributed by atoms with Crippen LogP contribution in [0.4, 0.5) is 0 Å². The molecule has 0 fully saturated rings. The van der Waals surface area contributed by atoms with Crippen LogP contribution in [-0.2, 0) is 16.5 Å². The van der Waals surface area contributed by atoms with Crippen LogP contribution in [0.15, 0.2) is 29.2 Å². The zero-order valence-electron chi connectivity index (χ0n) is 10.0. The molecule has 0 amide bonds. The van der Waals surface area contributed by atoms with Crippen LogP contribution in [0.3, 0.4) is 0 Å². The predicted molar refractivity (Wildman–Crippen MR) is 65.7 cm³/mol. The fourth-order valence-electron chi connectivity index (χ4n) is 1.46. The van der Waals surface area contributed by atoms with E-state index in [0.29, 0.717) is 4.83 Å². The van der Waals surface area contributed by atoms with Crippen LogP contribution >= 0.6 is 15.9 Å². The Morgan fingerprint density at radius 1 is 1.29 bits per heavy atom. The van der Waals surface area contributed by atoms with Crippen LogP contribution in [-0.4, -0.2) is 17.8 Å². The molecule has 0 bridgehead atoms. The van der Waals surface area contributed by atoms with Crippen molar-refractivity contribution < 1.29 is 42.5 Å². The Morgan fingerprint density at radius 3 is 2.24 bits per heavy atom. The number of hydrogen-bond donors (Lipinski definition) is 0. The van der Waals surface area contributed by atoms with Crippen LogP contribution in [0.25, 0.3) is 0 Å². The van der Waals surface area contributed by atoms with Crippen molar-refractivity contribution in [3.63, 3.8) is 0 Å². The fourth-order valence-corrected chi connectivity index (χ4v) is 2.76. The first-order valence-electron chi connectivity index (χ1n) is 5.12. The Kier molecular flexibility index (Phi) is 8.20. The first-order chi connectivity index (χ1) is 7.43. The van der Waals surface area contributed by atoms with Gasteiger partial charge in [-0.15, -0.1) is 0 Å². The summed E-state index contributed by atoms with van der Waals surface area (Å²) in [7, 11) is -4.32. The second-order valence-electron chi connectivity index (χ2n) is 3.69. The normalized spacial score (nSPS) is 12.9. The maximum atomic E-state index is 10.7. The first-order valence-corrected chi connectivity index (χ1v) is 7.44. The maximum absolute atomic E-state index is 10.7. The third kappa shape index (κ3) is 6.36. The monoisotopic (exact) mass is 328 g/mol. The predicted octanol–water partition coefficient (Wildman–Crippen LogP) is -0.299. The molecule has 1 aromatic rings. The van der Waals surface area contributed by atoms with E-state index in [1.165, 1.54) is 12.1 Å². The van der Waals surface area contributed by atoms with Gasteiger partial charge in [-0.05, 0) is 30.5 Å². The molecule has 0 saturated heterocycles. The summed E-state index contributed by atoms with van der Waals surface area (Å²) in [6.07, 6.45) is 3.01. The summed E-state index contributed by atoms with van der Waals surface area (Å²) in [5.41, 5.74) is 1.03. The molecule has 3 nitrogen and oxygen atoms in total. The van der Waals surface area contributed by atoms with Gasteiger partial charge >= 0.3 is 29.6 Å². The molecule has 1 unspecified atom stereocenters. The van der Waals surface area contributed by atoms with Gasteiger partial charge < -0.3 is 4.55 Å². The Balaban J connectivity index is 0.00000256. The van der Waals surface area contributed by atoms with Gasteiger partial charge in [0.2, 0.25) is 0 Å². The van der Waals surface area contributed by atoms with Gasteiger partial charge in [-0.3, -0.25) is 0 Å². The van der Waals surface area contributed by atoms with E-state index >= 15 is 0 Å². The molecule has 6 heteroatoms. The zero-order valence-corrected chi connectivity index (χ0v) is 14.4. The smallest absolute Gasteiger partial charge is 0.744 e. The Bertz CT molecular complexity index is 431. The summed E-state index contributed by atoms with van der Waals surface area (Å²) in [4.78, 5) is 0.227. The van der Waals surface area contributed by atoms with E-state index in [2.05, 4.69) is 22.9 Å². The molecule has 1 aromatic carbocycles. The molecule has 1 atom stereocenters. The van der Waals surface area contributed by atoms with Gasteiger partial charge in [0, 0.05) is 4.83 Å². The van der Waals surface area contributed by atoms with E-state index < -0.39 is 10.1 Å². The second-order valence-corrected chi connectivity index (χ2v) is 6.36. The number of rotatable bonds is 5. The van der Waals surface area contributed by atoms with E-state index in [0.717, 1.165) is 24.8 Å². The molecule has 0 saturated carbocycles. The molecule has 0 aliphatic heterocycles. The zero-order chi connectivity index (χ0) is 12.2. The van der Waals surface area contributed by atoms with Crippen molar-refractivity contribution in [1.82, 2.24) is 0 Å². The second kappa shape index (κ2) is 7.92. The summed E-state index contributed by atoms with van der Waals surface area (Å²) >= 11 is 3.55. The van der Waals surface area contributed by atoms with Gasteiger partial charge in [-0.1, -0.05) is 41.4 Å². The van der Waals surface area contributed by atoms with E-state index in [4.69, 9.17) is 0 Å². The van der Waals surface area contributed by atoms with Crippen molar-refractivity contribution in [3.8, 4) is 0 Å². The van der Waals surface area contributed by atoms with Crippen molar-refractivity contribution in [3.05, 3.63) is 29.8 Å². The Morgan fingerprint density at radius 2 is 1.82 bits per heavy atom. The summed E-state index contributed by atoms with van der Waals surface area (Å²) in [5, 5.41) is 0. The van der Waals surface area contributed by atoms with Crippen molar-refractivity contribution in [2.75, 3.05) is 0 Å². The first kappa shape index (κ1) is 17.6. The van der Waals surface area contributed by atoms with E-state index in [-0.39, 0.29) is 34.5 Å². The molecule has 0 aliphatic carbocycles. The minimum atomic E-state index is -4.32. The molecule has 0 aliphatic rings. The van der Waals surface area contributed by atoms with E-state index in [9.17, 15) is 13.0 Å². The van der Waals surface area contributed by atoms with Gasteiger partial charge in [0.15, 0.2) is 0 Å². The van der Waals surface area contributed by atoms with E-state index in [1.807, 2.05) is 0 Å². The average molecular weight is 329 g/mol. The quantitative estimate of drug-likeness (QED) is 0.423. The minimum absolute atomic E-state index is 0. The van der Waals surface area contributed by atoms with Crippen LogP contribution in [0.2, 0.25) is 0 Å². The van der Waals surface area contributed by atoms with Crippen molar-refractivity contribution in [1.29, 1.82) is 0 Å². The van der Waals surface area contributed by atoms with Gasteiger partial charge in [-0.2, -0.15) is 0 Å². The molecule has 1 rings (SSSR count). The standard InChI is InChI=1S/C11H15BrO3S.Na/c1-2-3-10(12)8-9-4-6-11(7-5-9)16(13,14)15;/h4-7,10H,2-3,8H2,1H3,(H,13,14,15);/q;+1/p-1. The molecule has 0 heterocycles. The van der Waals surface area contributed by atoms with Gasteiger partial charge in [-0.25, -0.2) is 8.42 Å². The van der Waals surface area contributed by atoms with Gasteiger partial charge in [0.1, 0.15) is 10.1 Å². The van der Waals surface area contributed by atoms with E-state index in [1.54, 1.807) is 12.1 Å². The molecule has 0 aromatic heterocycles. The minimum Gasteiger partial charge on any atom is -0.744 e. The maximum Gasteiger partial charge on any atom is 1.00 e. The van der Waals surface area contributed by atoms with Crippen LogP contribution in [0, 0.1) is 0 Å². The number of halogens is 1. The largest absolute Gasteiger partial charge is 1.00 e. The summed E-state index contributed by atoms with van der Waals surface area (Å²) in [6, 6.07) is 6.11. The Hall–Kier alpha value is 0.610. The van der Waals surface area contributed by atoms with Crippen LogP contribution in [0.5, 0.6) is 0 Å². The average Bonchev–Trinajstić information content (AvgIpc) is 2.17. The SMILES string of the molecule is CCCC(Br)Cc1ccc(S(=O)(=O)[O-])cc1.[Na+]. The van der Waals surface area contributed by atoms with Crippen molar-refractivity contribution >= 4 is 26.0 Å². The molecule has 0 spiro atoms. The van der Waals surface area contributed by atoms with Gasteiger partial charge in [0.05, 0.1) is 4.90 Å². The molecule has 0 radical (unpaired) electrons. The number of hydrogen-bond acceptors (Lipinski definition) is 3. The molecular weight excluding hydrogens is 315 g/mol. The van der Waals surface area contributed by atoms with Crippen LogP contribution < -0.4 is 29.6 Å². The topological polar surface area (TPSA) is 57.2 Å². The molecule has 90 valence electrons. The number of alkyl halides is 1. The fraction of sp³-hybridized carbons (Fsp3) is 0.455. The van der Waals surface area contributed by atoms with Crippen molar-refractivity contribution in [2.45, 2.75) is 35.9 Å². The molecule has 17 heavy (non-hydrogen) atoms. The third-order valence-corrected chi connectivity index (χ3v) is 3.90. The molecular formula is C11H14BrNaO3S. The van der Waals surface area contributed by atoms with Gasteiger partial charge in [0.25, 0.3) is 0 Å². The summed E-state index contributed by atoms with van der Waals surface area (Å²) in [6.45, 7) is 2.11. The number of benzene rings is 1. The summed E-state index contributed by atoms with van der Waals surface area (Å²) < 4.78 is 32.1. The Labute approximate surface area is 133 Å². The van der Waals surface area contributed by atoms with Crippen molar-refractivity contribution in [2.24, 2.45) is 0 Å². The summed E-state index contributed by atoms with van der Waals surface area (Å²) in [5.74, 6) is 0. The molecule has 0 N–H and O–H groups in total.